The largest absolute Gasteiger partial charge is 0.274 e. The van der Waals surface area contributed by atoms with Crippen LogP contribution in [0.15, 0.2) is 60.7 Å². The van der Waals surface area contributed by atoms with E-state index in [0.29, 0.717) is 24.1 Å². The van der Waals surface area contributed by atoms with E-state index < -0.39 is 0 Å². The lowest BCUT2D eigenvalue weighted by atomic mass is 9.94. The molecular formula is C21H14N2O2S. The Morgan fingerprint density at radius 2 is 1.54 bits per heavy atom. The van der Waals surface area contributed by atoms with Gasteiger partial charge in [0.15, 0.2) is 0 Å². The Morgan fingerprint density at radius 1 is 0.846 bits per heavy atom. The molecule has 1 aliphatic rings. The van der Waals surface area contributed by atoms with Crippen molar-refractivity contribution in [2.75, 3.05) is 6.54 Å². The van der Waals surface area contributed by atoms with E-state index in [9.17, 15) is 9.59 Å². The number of hydrogen-bond acceptors (Lipinski definition) is 4. The van der Waals surface area contributed by atoms with E-state index in [2.05, 4.69) is 4.98 Å². The summed E-state index contributed by atoms with van der Waals surface area (Å²) >= 11 is 1.61. The highest BCUT2D eigenvalue weighted by atomic mass is 32.1. The summed E-state index contributed by atoms with van der Waals surface area (Å²) in [6.45, 7) is 0.336. The first-order chi connectivity index (χ1) is 12.7. The first kappa shape index (κ1) is 15.2. The van der Waals surface area contributed by atoms with Crippen LogP contribution in [-0.2, 0) is 6.42 Å². The van der Waals surface area contributed by atoms with Crippen molar-refractivity contribution in [3.05, 3.63) is 76.8 Å². The number of imide groups is 1. The zero-order chi connectivity index (χ0) is 17.7. The summed E-state index contributed by atoms with van der Waals surface area (Å²) in [6, 6.07) is 19.1. The molecule has 0 N–H and O–H groups in total. The highest BCUT2D eigenvalue weighted by Gasteiger charge is 2.32. The molecule has 4 aromatic rings. The van der Waals surface area contributed by atoms with Gasteiger partial charge >= 0.3 is 0 Å². The van der Waals surface area contributed by atoms with E-state index in [-0.39, 0.29) is 11.8 Å². The lowest BCUT2D eigenvalue weighted by Crippen LogP contribution is -2.41. The Kier molecular flexibility index (Phi) is 3.36. The second-order valence-corrected chi connectivity index (χ2v) is 7.41. The van der Waals surface area contributed by atoms with Crippen molar-refractivity contribution in [1.82, 2.24) is 9.88 Å². The van der Waals surface area contributed by atoms with E-state index in [0.717, 1.165) is 26.0 Å². The molecule has 0 aliphatic carbocycles. The second-order valence-electron chi connectivity index (χ2n) is 6.30. The van der Waals surface area contributed by atoms with Gasteiger partial charge in [0.25, 0.3) is 11.8 Å². The van der Waals surface area contributed by atoms with Crippen molar-refractivity contribution in [1.29, 1.82) is 0 Å². The van der Waals surface area contributed by atoms with Crippen molar-refractivity contribution in [3.63, 3.8) is 0 Å². The van der Waals surface area contributed by atoms with Gasteiger partial charge in [0.05, 0.1) is 15.2 Å². The van der Waals surface area contributed by atoms with Crippen LogP contribution in [0.25, 0.3) is 21.0 Å². The average Bonchev–Trinajstić information content (AvgIpc) is 3.09. The molecule has 1 aromatic heterocycles. The molecule has 0 spiro atoms. The fourth-order valence-electron chi connectivity index (χ4n) is 3.52. The molecule has 3 aromatic carbocycles. The molecule has 0 unspecified atom stereocenters. The van der Waals surface area contributed by atoms with Crippen molar-refractivity contribution < 1.29 is 9.59 Å². The molecule has 4 nitrogen and oxygen atoms in total. The molecule has 0 atom stereocenters. The number of benzene rings is 3. The smallest absolute Gasteiger partial charge is 0.261 e. The Morgan fingerprint density at radius 3 is 2.23 bits per heavy atom. The summed E-state index contributed by atoms with van der Waals surface area (Å²) in [5.41, 5.74) is 2.16. The standard InChI is InChI=1S/C21H14N2O2S/c24-20-14-7-3-5-13-6-4-8-15(19(13)14)21(25)23(20)12-11-18-22-16-9-1-2-10-17(16)26-18/h1-10H,11-12H2. The van der Waals surface area contributed by atoms with Crippen molar-refractivity contribution in [2.24, 2.45) is 0 Å². The fraction of sp³-hybridized carbons (Fsp3) is 0.0952. The van der Waals surface area contributed by atoms with Gasteiger partial charge in [0, 0.05) is 29.5 Å². The molecule has 5 rings (SSSR count). The number of rotatable bonds is 3. The van der Waals surface area contributed by atoms with Crippen LogP contribution in [0.4, 0.5) is 0 Å². The first-order valence-corrected chi connectivity index (χ1v) is 9.26. The third-order valence-corrected chi connectivity index (χ3v) is 5.84. The van der Waals surface area contributed by atoms with Gasteiger partial charge in [0.1, 0.15) is 0 Å². The van der Waals surface area contributed by atoms with Gasteiger partial charge in [-0.05, 0) is 29.7 Å². The van der Waals surface area contributed by atoms with Gasteiger partial charge in [-0.25, -0.2) is 4.98 Å². The van der Waals surface area contributed by atoms with Crippen LogP contribution in [-0.4, -0.2) is 28.2 Å². The Hall–Kier alpha value is -3.05. The molecule has 0 saturated heterocycles. The number of amides is 2. The molecule has 0 radical (unpaired) electrons. The average molecular weight is 358 g/mol. The maximum Gasteiger partial charge on any atom is 0.261 e. The predicted octanol–water partition coefficient (Wildman–Crippen LogP) is 4.29. The number of nitrogens with zero attached hydrogens (tertiary/aromatic N) is 2. The number of carbonyl (C=O) groups excluding carboxylic acids is 2. The topological polar surface area (TPSA) is 50.3 Å². The lowest BCUT2D eigenvalue weighted by molar-refractivity contribution is 0.0612. The monoisotopic (exact) mass is 358 g/mol. The van der Waals surface area contributed by atoms with Gasteiger partial charge < -0.3 is 0 Å². The van der Waals surface area contributed by atoms with Crippen LogP contribution in [0.5, 0.6) is 0 Å². The fourth-order valence-corrected chi connectivity index (χ4v) is 4.47. The second kappa shape index (κ2) is 5.75. The normalized spacial score (nSPS) is 13.8. The summed E-state index contributed by atoms with van der Waals surface area (Å²) < 4.78 is 1.12. The minimum atomic E-state index is -0.222. The zero-order valence-corrected chi connectivity index (χ0v) is 14.6. The molecular weight excluding hydrogens is 344 g/mol. The molecule has 5 heteroatoms. The van der Waals surface area contributed by atoms with Gasteiger partial charge in [-0.1, -0.05) is 36.4 Å². The Balaban J connectivity index is 1.48. The third kappa shape index (κ3) is 2.24. The predicted molar refractivity (Wildman–Crippen MR) is 103 cm³/mol. The van der Waals surface area contributed by atoms with Gasteiger partial charge in [-0.15, -0.1) is 11.3 Å². The minimum absolute atomic E-state index is 0.222. The molecule has 1 aliphatic heterocycles. The molecule has 0 fully saturated rings. The SMILES string of the molecule is O=C1c2cccc3cccc(c23)C(=O)N1CCc1nc2ccccc2s1. The number of para-hydroxylation sites is 1. The summed E-state index contributed by atoms with van der Waals surface area (Å²) in [6.07, 6.45) is 0.564. The number of fused-ring (bicyclic) bond motifs is 1. The maximum atomic E-state index is 12.9. The molecule has 2 amide bonds. The molecule has 2 heterocycles. The Labute approximate surface area is 153 Å². The van der Waals surface area contributed by atoms with Crippen LogP contribution >= 0.6 is 11.3 Å². The van der Waals surface area contributed by atoms with E-state index in [4.69, 9.17) is 0 Å². The van der Waals surface area contributed by atoms with Crippen LogP contribution in [0.1, 0.15) is 25.7 Å². The first-order valence-electron chi connectivity index (χ1n) is 8.45. The van der Waals surface area contributed by atoms with Gasteiger partial charge in [-0.2, -0.15) is 0 Å². The van der Waals surface area contributed by atoms with E-state index in [1.165, 1.54) is 4.90 Å². The van der Waals surface area contributed by atoms with Crippen LogP contribution in [0, 0.1) is 0 Å². The van der Waals surface area contributed by atoms with Crippen molar-refractivity contribution >= 4 is 44.1 Å². The van der Waals surface area contributed by atoms with Gasteiger partial charge in [0.2, 0.25) is 0 Å². The van der Waals surface area contributed by atoms with Crippen LogP contribution in [0.2, 0.25) is 0 Å². The summed E-state index contributed by atoms with van der Waals surface area (Å²) in [7, 11) is 0. The number of thiazole rings is 1. The zero-order valence-electron chi connectivity index (χ0n) is 13.8. The number of carbonyl (C=O) groups is 2. The molecule has 26 heavy (non-hydrogen) atoms. The molecule has 126 valence electrons. The highest BCUT2D eigenvalue weighted by Crippen LogP contribution is 2.30. The van der Waals surface area contributed by atoms with Crippen molar-refractivity contribution in [3.8, 4) is 0 Å². The van der Waals surface area contributed by atoms with Crippen LogP contribution in [0.3, 0.4) is 0 Å². The van der Waals surface area contributed by atoms with Gasteiger partial charge in [-0.3, -0.25) is 14.5 Å². The highest BCUT2D eigenvalue weighted by molar-refractivity contribution is 7.18. The van der Waals surface area contributed by atoms with E-state index in [1.807, 2.05) is 48.5 Å². The summed E-state index contributed by atoms with van der Waals surface area (Å²) in [4.78, 5) is 31.7. The molecule has 0 saturated carbocycles. The minimum Gasteiger partial charge on any atom is -0.274 e. The van der Waals surface area contributed by atoms with Crippen LogP contribution < -0.4 is 0 Å². The number of hydrogen-bond donors (Lipinski definition) is 0. The quantitative estimate of drug-likeness (QED) is 0.513. The molecule has 0 bridgehead atoms. The maximum absolute atomic E-state index is 12.9. The summed E-state index contributed by atoms with van der Waals surface area (Å²) in [5.74, 6) is -0.444. The Bertz CT molecular complexity index is 1110. The van der Waals surface area contributed by atoms with E-state index >= 15 is 0 Å². The van der Waals surface area contributed by atoms with E-state index in [1.54, 1.807) is 23.5 Å². The van der Waals surface area contributed by atoms with Crippen molar-refractivity contribution in [2.45, 2.75) is 6.42 Å². The third-order valence-electron chi connectivity index (χ3n) is 4.74. The summed E-state index contributed by atoms with van der Waals surface area (Å²) in [5, 5.41) is 2.62. The number of aromatic nitrogens is 1. The lowest BCUT2D eigenvalue weighted by Gasteiger charge is -2.26.